The van der Waals surface area contributed by atoms with Crippen LogP contribution in [0.25, 0.3) is 6.08 Å². The lowest BCUT2D eigenvalue weighted by Gasteiger charge is -2.24. The zero-order valence-corrected chi connectivity index (χ0v) is 19.6. The summed E-state index contributed by atoms with van der Waals surface area (Å²) >= 11 is 2.90. The number of carbonyl (C=O) groups is 1. The molecule has 0 spiro atoms. The van der Waals surface area contributed by atoms with E-state index in [0.29, 0.717) is 26.4 Å². The van der Waals surface area contributed by atoms with Crippen LogP contribution in [-0.2, 0) is 9.53 Å². The van der Waals surface area contributed by atoms with Crippen molar-refractivity contribution in [3.05, 3.63) is 95.3 Å². The second-order valence-corrected chi connectivity index (χ2v) is 9.17. The van der Waals surface area contributed by atoms with Crippen LogP contribution in [0.4, 0.5) is 0 Å². The summed E-state index contributed by atoms with van der Waals surface area (Å²) in [6.45, 7) is 7.45. The first-order valence-electron chi connectivity index (χ1n) is 9.93. The number of allylic oxidation sites excluding steroid dienone is 1. The van der Waals surface area contributed by atoms with E-state index in [1.807, 2.05) is 48.7 Å². The van der Waals surface area contributed by atoms with Crippen LogP contribution in [0.5, 0.6) is 5.75 Å². The summed E-state index contributed by atoms with van der Waals surface area (Å²) < 4.78 is 12.8. The van der Waals surface area contributed by atoms with Gasteiger partial charge in [0.05, 0.1) is 29.0 Å². The second-order valence-electron chi connectivity index (χ2n) is 7.21. The van der Waals surface area contributed by atoms with E-state index in [0.717, 1.165) is 16.0 Å². The van der Waals surface area contributed by atoms with Crippen LogP contribution in [0.15, 0.2) is 69.4 Å². The lowest BCUT2D eigenvalue weighted by atomic mass is 9.96. The van der Waals surface area contributed by atoms with Gasteiger partial charge in [0.2, 0.25) is 0 Å². The molecule has 0 saturated carbocycles. The molecule has 1 atom stereocenters. The number of nitrogens with zero attached hydrogens (tertiary/aromatic N) is 2. The van der Waals surface area contributed by atoms with Gasteiger partial charge in [0.25, 0.3) is 5.56 Å². The molecule has 3 heterocycles. The number of aryl methyl sites for hydroxylation is 1. The minimum atomic E-state index is -0.652. The number of esters is 1. The Balaban J connectivity index is 1.93. The number of rotatable bonds is 6. The summed E-state index contributed by atoms with van der Waals surface area (Å²) in [4.78, 5) is 32.7. The number of hydrogen-bond acceptors (Lipinski definition) is 7. The van der Waals surface area contributed by atoms with Gasteiger partial charge in [-0.2, -0.15) is 0 Å². The van der Waals surface area contributed by atoms with Crippen molar-refractivity contribution >= 4 is 34.7 Å². The molecular weight excluding hydrogens is 444 g/mol. The number of hydrogen-bond donors (Lipinski definition) is 0. The molecule has 6 nitrogen and oxygen atoms in total. The molecule has 0 aliphatic carbocycles. The van der Waals surface area contributed by atoms with E-state index >= 15 is 0 Å². The van der Waals surface area contributed by atoms with E-state index in [2.05, 4.69) is 11.6 Å². The summed E-state index contributed by atoms with van der Waals surface area (Å²) in [7, 11) is 1.59. The molecule has 4 rings (SSSR count). The zero-order chi connectivity index (χ0) is 22.8. The fourth-order valence-corrected chi connectivity index (χ4v) is 5.51. The number of thiazole rings is 1. The highest BCUT2D eigenvalue weighted by atomic mass is 32.1. The van der Waals surface area contributed by atoms with E-state index in [4.69, 9.17) is 9.47 Å². The predicted molar refractivity (Wildman–Crippen MR) is 127 cm³/mol. The number of thiophene rings is 1. The molecule has 0 bridgehead atoms. The van der Waals surface area contributed by atoms with E-state index < -0.39 is 12.0 Å². The summed E-state index contributed by atoms with van der Waals surface area (Å²) in [5.74, 6) is 0.168. The second kappa shape index (κ2) is 9.10. The van der Waals surface area contributed by atoms with Crippen molar-refractivity contribution in [2.24, 2.45) is 4.99 Å². The van der Waals surface area contributed by atoms with Gasteiger partial charge < -0.3 is 9.47 Å². The van der Waals surface area contributed by atoms with Crippen molar-refractivity contribution < 1.29 is 14.3 Å². The van der Waals surface area contributed by atoms with Crippen LogP contribution < -0.4 is 19.6 Å². The Morgan fingerprint density at radius 1 is 1.25 bits per heavy atom. The molecule has 8 heteroatoms. The van der Waals surface area contributed by atoms with E-state index in [9.17, 15) is 9.59 Å². The molecule has 32 heavy (non-hydrogen) atoms. The number of methoxy groups -OCH3 is 1. The zero-order valence-electron chi connectivity index (χ0n) is 18.0. The maximum Gasteiger partial charge on any atom is 0.338 e. The Bertz CT molecular complexity index is 1390. The van der Waals surface area contributed by atoms with Gasteiger partial charge in [0.15, 0.2) is 4.80 Å². The van der Waals surface area contributed by atoms with Gasteiger partial charge in [-0.1, -0.05) is 36.1 Å². The minimum Gasteiger partial charge on any atom is -0.497 e. The van der Waals surface area contributed by atoms with Gasteiger partial charge in [-0.25, -0.2) is 9.79 Å². The monoisotopic (exact) mass is 466 g/mol. The van der Waals surface area contributed by atoms with E-state index in [1.54, 1.807) is 29.9 Å². The fraction of sp³-hybridized carbons (Fsp3) is 0.208. The molecule has 1 aliphatic heterocycles. The first-order valence-corrected chi connectivity index (χ1v) is 11.6. The first kappa shape index (κ1) is 22.0. The highest BCUT2D eigenvalue weighted by Gasteiger charge is 2.33. The molecule has 0 N–H and O–H groups in total. The maximum absolute atomic E-state index is 13.5. The van der Waals surface area contributed by atoms with Crippen molar-refractivity contribution in [1.29, 1.82) is 0 Å². The minimum absolute atomic E-state index is 0.0764. The average Bonchev–Trinajstić information content (AvgIpc) is 3.33. The van der Waals surface area contributed by atoms with Crippen LogP contribution >= 0.6 is 22.7 Å². The molecular formula is C24H22N2O4S2. The Morgan fingerprint density at radius 2 is 2.00 bits per heavy atom. The van der Waals surface area contributed by atoms with Gasteiger partial charge in [0, 0.05) is 4.88 Å². The summed E-state index contributed by atoms with van der Waals surface area (Å²) in [6, 6.07) is 8.68. The normalized spacial score (nSPS) is 15.8. The lowest BCUT2D eigenvalue weighted by Crippen LogP contribution is -2.39. The highest BCUT2D eigenvalue weighted by molar-refractivity contribution is 7.11. The van der Waals surface area contributed by atoms with Gasteiger partial charge in [-0.3, -0.25) is 9.36 Å². The van der Waals surface area contributed by atoms with Crippen LogP contribution in [0.1, 0.15) is 29.0 Å². The maximum atomic E-state index is 13.5. The molecule has 2 aromatic heterocycles. The van der Waals surface area contributed by atoms with Crippen molar-refractivity contribution in [3.8, 4) is 5.75 Å². The summed E-state index contributed by atoms with van der Waals surface area (Å²) in [5, 5.41) is 2.00. The lowest BCUT2D eigenvalue weighted by molar-refractivity contribution is -0.138. The molecule has 0 saturated heterocycles. The first-order chi connectivity index (χ1) is 15.4. The number of fused-ring (bicyclic) bond motifs is 1. The SMILES string of the molecule is C=CCOC(=O)C1=C(C)N=c2s/c(=C/c3sccc3C)c(=O)n2[C@H]1c1ccc(OC)cc1. The fourth-order valence-electron chi connectivity index (χ4n) is 3.55. The van der Waals surface area contributed by atoms with Gasteiger partial charge in [0.1, 0.15) is 12.4 Å². The standard InChI is InChI=1S/C24H22N2O4S2/c1-5-11-30-23(28)20-15(3)25-24-26(21(20)16-6-8-17(29-4)9-7-16)22(27)19(32-24)13-18-14(2)10-12-31-18/h5-10,12-13,21H,1,11H2,2-4H3/b19-13+/t21-/m0/s1. The summed E-state index contributed by atoms with van der Waals surface area (Å²) in [6.07, 6.45) is 3.40. The molecule has 0 unspecified atom stereocenters. The molecule has 0 amide bonds. The highest BCUT2D eigenvalue weighted by Crippen LogP contribution is 2.31. The number of ether oxygens (including phenoxy) is 2. The van der Waals surface area contributed by atoms with Gasteiger partial charge in [-0.05, 0) is 54.6 Å². The van der Waals surface area contributed by atoms with Gasteiger partial charge >= 0.3 is 5.97 Å². The molecule has 164 valence electrons. The number of benzene rings is 1. The van der Waals surface area contributed by atoms with Gasteiger partial charge in [-0.15, -0.1) is 11.3 Å². The Morgan fingerprint density at radius 3 is 2.62 bits per heavy atom. The van der Waals surface area contributed by atoms with Crippen molar-refractivity contribution in [3.63, 3.8) is 0 Å². The quantitative estimate of drug-likeness (QED) is 0.413. The van der Waals surface area contributed by atoms with Crippen LogP contribution in [0, 0.1) is 6.92 Å². The average molecular weight is 467 g/mol. The van der Waals surface area contributed by atoms with Crippen LogP contribution in [0.3, 0.4) is 0 Å². The van der Waals surface area contributed by atoms with Crippen molar-refractivity contribution in [2.45, 2.75) is 19.9 Å². The molecule has 1 aliphatic rings. The molecule has 1 aromatic carbocycles. The number of aromatic nitrogens is 1. The van der Waals surface area contributed by atoms with Crippen molar-refractivity contribution in [2.75, 3.05) is 13.7 Å². The van der Waals surface area contributed by atoms with Crippen LogP contribution in [-0.4, -0.2) is 24.3 Å². The van der Waals surface area contributed by atoms with E-state index in [1.165, 1.54) is 17.4 Å². The smallest absolute Gasteiger partial charge is 0.338 e. The third kappa shape index (κ3) is 3.99. The van der Waals surface area contributed by atoms with Crippen LogP contribution in [0.2, 0.25) is 0 Å². The molecule has 0 radical (unpaired) electrons. The van der Waals surface area contributed by atoms with Crippen molar-refractivity contribution in [1.82, 2.24) is 4.57 Å². The third-order valence-electron chi connectivity index (χ3n) is 5.17. The number of carbonyl (C=O) groups excluding carboxylic acids is 1. The molecule has 3 aromatic rings. The Kier molecular flexibility index (Phi) is 6.25. The molecule has 0 fully saturated rings. The Hall–Kier alpha value is -3.23. The third-order valence-corrected chi connectivity index (χ3v) is 7.12. The Labute approximate surface area is 193 Å². The topological polar surface area (TPSA) is 69.9 Å². The predicted octanol–water partition coefficient (Wildman–Crippen LogP) is 3.34. The van der Waals surface area contributed by atoms with E-state index in [-0.39, 0.29) is 12.2 Å². The summed E-state index contributed by atoms with van der Waals surface area (Å²) in [5.41, 5.74) is 2.55. The largest absolute Gasteiger partial charge is 0.497 e.